The first kappa shape index (κ1) is 103. The molecule has 3 aromatic carbocycles. The Bertz CT molecular complexity index is 4900. The highest BCUT2D eigenvalue weighted by molar-refractivity contribution is 8.00. The second-order valence-corrected chi connectivity index (χ2v) is 34.3. The highest BCUT2D eigenvalue weighted by atomic mass is 32.2. The molecule has 0 unspecified atom stereocenters. The summed E-state index contributed by atoms with van der Waals surface area (Å²) in [6.45, 7) is -0.123. The molecule has 5 heterocycles. The number of amides is 17. The Morgan fingerprint density at radius 3 is 1.72 bits per heavy atom. The van der Waals surface area contributed by atoms with Crippen molar-refractivity contribution < 1.29 is 107 Å². The van der Waals surface area contributed by atoms with Crippen LogP contribution in [0.2, 0.25) is 0 Å². The number of phenols is 1. The van der Waals surface area contributed by atoms with E-state index >= 15 is 24.0 Å². The van der Waals surface area contributed by atoms with E-state index in [0.29, 0.717) is 58.7 Å². The number of hydrogen-bond donors (Lipinski definition) is 21. The lowest BCUT2D eigenvalue weighted by Crippen LogP contribution is -2.62. The Hall–Kier alpha value is -12.6. The van der Waals surface area contributed by atoms with Gasteiger partial charge in [0.15, 0.2) is 5.96 Å². The maximum Gasteiger partial charge on any atom is 0.248 e. The van der Waals surface area contributed by atoms with Gasteiger partial charge in [0.25, 0.3) is 0 Å². The number of unbranched alkanes of at least 4 members (excludes halogenated alkanes) is 2. The third kappa shape index (κ3) is 28.2. The first-order chi connectivity index (χ1) is 61.9. The fraction of sp³-hybridized carbons (Fsp3) is 0.529. The minimum absolute atomic E-state index is 0.0180. The molecule has 2 aromatic heterocycles. The quantitative estimate of drug-likeness (QED) is 0.0156. The van der Waals surface area contributed by atoms with Crippen LogP contribution in [0.25, 0.3) is 21.0 Å². The molecular weight excluding hydrogens is 1730 g/mol. The lowest BCUT2D eigenvalue weighted by atomic mass is 10.00. The Morgan fingerprint density at radius 1 is 0.531 bits per heavy atom. The monoisotopic (exact) mass is 1850 g/mol. The molecular formula is C85H119N21O22S2. The molecule has 24 N–H and O–H groups in total. The fourth-order valence-electron chi connectivity index (χ4n) is 15.5. The topological polar surface area (TPSA) is 658 Å². The van der Waals surface area contributed by atoms with E-state index in [1.54, 1.807) is 54.0 Å². The Labute approximate surface area is 757 Å². The van der Waals surface area contributed by atoms with Gasteiger partial charge in [-0.05, 0) is 97.2 Å². The van der Waals surface area contributed by atoms with Gasteiger partial charge in [0, 0.05) is 94.0 Å². The molecule has 17 amide bonds. The number of aliphatic hydroxyl groups is 4. The molecule has 3 aliphatic heterocycles. The predicted octanol–water partition coefficient (Wildman–Crippen LogP) is -5.22. The fourth-order valence-corrected chi connectivity index (χ4v) is 17.4. The molecule has 3 fully saturated rings. The number of aromatic nitrogens is 1. The third-order valence-electron chi connectivity index (χ3n) is 22.9. The van der Waals surface area contributed by atoms with Crippen molar-refractivity contribution in [3.05, 3.63) is 101 Å². The lowest BCUT2D eigenvalue weighted by Gasteiger charge is -2.36. The van der Waals surface area contributed by atoms with E-state index in [2.05, 4.69) is 63.5 Å². The number of thioether (sulfide) groups is 1. The van der Waals surface area contributed by atoms with Gasteiger partial charge in [0.1, 0.15) is 90.3 Å². The van der Waals surface area contributed by atoms with E-state index in [9.17, 15) is 83.1 Å². The van der Waals surface area contributed by atoms with Crippen molar-refractivity contribution >= 4 is 150 Å². The summed E-state index contributed by atoms with van der Waals surface area (Å²) in [6, 6.07) is -3.58. The van der Waals surface area contributed by atoms with Gasteiger partial charge in [-0.2, -0.15) is 0 Å². The van der Waals surface area contributed by atoms with Crippen LogP contribution >= 0.6 is 23.1 Å². The van der Waals surface area contributed by atoms with Crippen LogP contribution < -0.4 is 75.7 Å². The molecule has 0 radical (unpaired) electrons. The van der Waals surface area contributed by atoms with Crippen LogP contribution in [0.3, 0.4) is 0 Å². The van der Waals surface area contributed by atoms with Gasteiger partial charge in [0.2, 0.25) is 100 Å². The number of guanidine groups is 1. The molecule has 130 heavy (non-hydrogen) atoms. The summed E-state index contributed by atoms with van der Waals surface area (Å²) in [7, 11) is 3.85. The minimum Gasteiger partial charge on any atom is -0.508 e. The largest absolute Gasteiger partial charge is 0.508 e. The summed E-state index contributed by atoms with van der Waals surface area (Å²) in [6.07, 6.45) is -0.758. The molecule has 3 aliphatic rings. The number of aromatic amines is 1. The highest BCUT2D eigenvalue weighted by Crippen LogP contribution is 2.30. The molecule has 8 rings (SSSR count). The number of primary amides is 2. The number of likely N-dealkylation sites (N-methyl/N-ethyl adjacent to an activating group) is 3. The van der Waals surface area contributed by atoms with Crippen LogP contribution in [0.4, 0.5) is 0 Å². The van der Waals surface area contributed by atoms with Gasteiger partial charge in [0.05, 0.1) is 44.6 Å². The molecule has 3 saturated heterocycles. The van der Waals surface area contributed by atoms with Crippen molar-refractivity contribution in [1.29, 1.82) is 5.41 Å². The van der Waals surface area contributed by atoms with Crippen LogP contribution in [-0.2, 0) is 101 Å². The lowest BCUT2D eigenvalue weighted by molar-refractivity contribution is -0.149. The van der Waals surface area contributed by atoms with Gasteiger partial charge in [-0.15, -0.1) is 23.1 Å². The number of para-hydroxylation sites is 1. The maximum absolute atomic E-state index is 15.7. The van der Waals surface area contributed by atoms with Gasteiger partial charge in [-0.1, -0.05) is 88.1 Å². The zero-order valence-electron chi connectivity index (χ0n) is 73.2. The number of rotatable bonds is 24. The highest BCUT2D eigenvalue weighted by Gasteiger charge is 2.46. The first-order valence-corrected chi connectivity index (χ1v) is 44.9. The van der Waals surface area contributed by atoms with E-state index in [-0.39, 0.29) is 76.6 Å². The molecule has 0 spiro atoms. The zero-order chi connectivity index (χ0) is 95.3. The molecule has 0 aliphatic carbocycles. The number of nitrogens with two attached hydrogens (primary N) is 3. The number of aromatic hydroxyl groups is 1. The smallest absolute Gasteiger partial charge is 0.248 e. The number of H-pyrrole nitrogens is 1. The van der Waals surface area contributed by atoms with Crippen molar-refractivity contribution in [1.82, 2.24) is 88.0 Å². The van der Waals surface area contributed by atoms with Crippen molar-refractivity contribution in [2.75, 3.05) is 78.6 Å². The van der Waals surface area contributed by atoms with Gasteiger partial charge in [-0.3, -0.25) is 86.9 Å². The molecule has 45 heteroatoms. The average molecular weight is 1850 g/mol. The van der Waals surface area contributed by atoms with Crippen LogP contribution in [0.5, 0.6) is 5.75 Å². The van der Waals surface area contributed by atoms with Crippen molar-refractivity contribution in [2.24, 2.45) is 17.2 Å². The molecule has 43 nitrogen and oxygen atoms in total. The van der Waals surface area contributed by atoms with Gasteiger partial charge >= 0.3 is 0 Å². The summed E-state index contributed by atoms with van der Waals surface area (Å²) in [5, 5.41) is 92.6. The van der Waals surface area contributed by atoms with E-state index in [1.807, 2.05) is 19.9 Å². The van der Waals surface area contributed by atoms with Crippen molar-refractivity contribution in [2.45, 2.75) is 208 Å². The van der Waals surface area contributed by atoms with Crippen LogP contribution in [-0.4, -0.2) is 331 Å². The number of fused-ring (bicyclic) bond motifs is 4. The second-order valence-electron chi connectivity index (χ2n) is 32.3. The Balaban J connectivity index is 1.18. The first-order valence-electron chi connectivity index (χ1n) is 42.8. The number of carbonyl (C=O) groups is 17. The van der Waals surface area contributed by atoms with Crippen LogP contribution in [0.1, 0.15) is 115 Å². The SMILES string of the molecule is CCCC[C@H]1C(=O)N(C)[C@@H](CCCC)C(=O)N[C@@H](CCCNC(=N)N)C(=O)N[C@H](C(=O)NCC(N)=O)CSCC(=O)N[C@@H](Cc2ccc(O)cc2)C(=O)N(C)[C@@H](C)C(=O)N[C@H](CC(N)=O)C(=O)N2CCC[C@H]2C(=O)N[C@@H](CO)C(=O)N[C@@H](CO)C(=O)N2C[C@H](O)C[C@H]2C(=O)N[C@@H](Cc2c[nH]c3ccccc23)C(=O)N[C@@H](CO)C(=O)N[C@@H](Cc2csc3ccccc23)C(=O)N1C. The number of benzene rings is 3. The van der Waals surface area contributed by atoms with Crippen molar-refractivity contribution in [3.8, 4) is 5.75 Å². The van der Waals surface area contributed by atoms with E-state index in [1.165, 1.54) is 63.7 Å². The number of nitrogens with one attached hydrogen (secondary N) is 13. The van der Waals surface area contributed by atoms with E-state index < -0.39 is 254 Å². The Morgan fingerprint density at radius 2 is 1.08 bits per heavy atom. The van der Waals surface area contributed by atoms with Crippen LogP contribution in [0, 0.1) is 5.41 Å². The van der Waals surface area contributed by atoms with E-state index in [4.69, 9.17) is 22.6 Å². The number of phenolic OH excluding ortho intramolecular Hbond substituents is 1. The summed E-state index contributed by atoms with van der Waals surface area (Å²) in [4.78, 5) is 255. The third-order valence-corrected chi connectivity index (χ3v) is 24.9. The summed E-state index contributed by atoms with van der Waals surface area (Å²) in [5.41, 5.74) is 18.6. The predicted molar refractivity (Wildman–Crippen MR) is 476 cm³/mol. The Kier molecular flexibility index (Phi) is 39.0. The van der Waals surface area contributed by atoms with E-state index in [0.717, 1.165) is 41.0 Å². The zero-order valence-corrected chi connectivity index (χ0v) is 74.8. The van der Waals surface area contributed by atoms with Crippen molar-refractivity contribution in [3.63, 3.8) is 0 Å². The summed E-state index contributed by atoms with van der Waals surface area (Å²) in [5.74, 6) is -19.0. The number of nitrogens with zero attached hydrogens (tertiary/aromatic N) is 5. The average Bonchev–Trinajstić information content (AvgIpc) is 1.63. The molecule has 708 valence electrons. The second kappa shape index (κ2) is 49.3. The number of aliphatic hydroxyl groups excluding tert-OH is 4. The molecule has 0 bridgehead atoms. The summed E-state index contributed by atoms with van der Waals surface area (Å²) < 4.78 is 0.796. The molecule has 0 saturated carbocycles. The molecule has 5 aromatic rings. The van der Waals surface area contributed by atoms with Gasteiger partial charge in [-0.25, -0.2) is 0 Å². The standard InChI is InChI=1S/C85H119N21O22S2/c1-7-9-21-63-77(121)94-54(20-15-29-90-85(88)89)73(117)101-62(72(116)92-37-69(87)113)43-129-44-70(114)93-56(31-46-25-27-49(110)28-26-46)80(124)102(4)45(3)71(115)96-58(35-68(86)112)82(126)105-30-16-23-64(105)78(122)99-60(40-108)76(120)100-61(41-109)83(127)106-38-50(111)34-66(106)79(123)95-55(32-47-36-91-53-19-13-11-17-51(47)53)74(118)98-59(39-107)75(119)97-57(33-48-42-130-67-24-14-12-18-52(48)67)81(125)104(6)65(22-10-8-2)84(128)103(63)5/h11-14,17-19,24-28,36,42,45,50,54-66,91,107-111H,7-10,15-16,20-23,29-35,37-41,43-44H2,1-6H3,(H2,86,112)(H2,87,113)(H,92,116)(H,93,114)(H,94,121)(H,95,123)(H,96,115)(H,97,119)(H,98,118)(H,99,122)(H,100,120)(H,101,117)(H4,88,89,90)/t45-,50+,54-,55-,56-,57-,58+,59-,60-,61-,62-,63-,64-,65-,66-/m0/s1. The van der Waals surface area contributed by atoms with Crippen LogP contribution in [0.15, 0.2) is 84.4 Å². The molecule has 15 atom stereocenters. The normalized spacial score (nSPS) is 25.2. The number of thiophene rings is 1. The summed E-state index contributed by atoms with van der Waals surface area (Å²) >= 11 is 2.08. The number of carbonyl (C=O) groups excluding carboxylic acids is 17. The van der Waals surface area contributed by atoms with Gasteiger partial charge < -0.3 is 131 Å². The maximum atomic E-state index is 15.7. The number of hydrogen-bond acceptors (Lipinski definition) is 25. The minimum atomic E-state index is -1.97.